The maximum Gasteiger partial charge on any atom is 0.314 e. The molecule has 3 aromatic rings. The van der Waals surface area contributed by atoms with Crippen LogP contribution in [0.5, 0.6) is 0 Å². The van der Waals surface area contributed by atoms with Crippen molar-refractivity contribution in [2.45, 2.75) is 6.92 Å². The molecule has 0 aliphatic carbocycles. The Morgan fingerprint density at radius 3 is 2.45 bits per heavy atom. The third kappa shape index (κ3) is 2.30. The van der Waals surface area contributed by atoms with Crippen molar-refractivity contribution in [1.82, 2.24) is 10.2 Å². The first kappa shape index (κ1) is 12.5. The Balaban J connectivity index is 2.15. The Hall–Kier alpha value is -2.55. The highest BCUT2D eigenvalue weighted by Gasteiger charge is 2.11. The summed E-state index contributed by atoms with van der Waals surface area (Å²) in [7, 11) is 1.98. The van der Waals surface area contributed by atoms with Gasteiger partial charge in [0.2, 0.25) is 0 Å². The topological polar surface area (TPSA) is 29.7 Å². The van der Waals surface area contributed by atoms with Crippen LogP contribution in [0.3, 0.4) is 0 Å². The van der Waals surface area contributed by atoms with Gasteiger partial charge in [0.25, 0.3) is 0 Å². The van der Waals surface area contributed by atoms with E-state index < -0.39 is 0 Å². The molecule has 3 heteroatoms. The lowest BCUT2D eigenvalue weighted by Crippen LogP contribution is -2.31. The van der Waals surface area contributed by atoms with Crippen molar-refractivity contribution in [3.63, 3.8) is 0 Å². The first-order valence-corrected chi connectivity index (χ1v) is 6.58. The highest BCUT2D eigenvalue weighted by Crippen LogP contribution is 2.27. The fourth-order valence-electron chi connectivity index (χ4n) is 2.32. The molecule has 0 N–H and O–H groups in total. The van der Waals surface area contributed by atoms with E-state index in [0.717, 1.165) is 5.69 Å². The van der Waals surface area contributed by atoms with Gasteiger partial charge in [0.05, 0.1) is 12.1 Å². The van der Waals surface area contributed by atoms with Crippen LogP contribution in [0.4, 0.5) is 0 Å². The van der Waals surface area contributed by atoms with Gasteiger partial charge in [0.15, 0.2) is 5.69 Å². The minimum atomic E-state index is 1.07. The summed E-state index contributed by atoms with van der Waals surface area (Å²) < 4.78 is 1.99. The highest BCUT2D eigenvalue weighted by molar-refractivity contribution is 5.72. The van der Waals surface area contributed by atoms with Gasteiger partial charge in [0, 0.05) is 5.56 Å². The third-order valence-electron chi connectivity index (χ3n) is 3.47. The Morgan fingerprint density at radius 2 is 1.70 bits per heavy atom. The molecule has 0 amide bonds. The van der Waals surface area contributed by atoms with E-state index >= 15 is 0 Å². The highest BCUT2D eigenvalue weighted by atomic mass is 15.2. The van der Waals surface area contributed by atoms with Crippen molar-refractivity contribution < 1.29 is 4.57 Å². The molecule has 0 radical (unpaired) electrons. The average molecular weight is 262 g/mol. The zero-order chi connectivity index (χ0) is 13.9. The van der Waals surface area contributed by atoms with Crippen LogP contribution >= 0.6 is 0 Å². The van der Waals surface area contributed by atoms with Crippen molar-refractivity contribution in [2.75, 3.05) is 0 Å². The van der Waals surface area contributed by atoms with E-state index in [1.165, 1.54) is 22.3 Å². The lowest BCUT2D eigenvalue weighted by atomic mass is 9.98. The molecule has 0 saturated heterocycles. The number of aromatic nitrogens is 3. The summed E-state index contributed by atoms with van der Waals surface area (Å²) in [6.45, 7) is 2.12. The van der Waals surface area contributed by atoms with Gasteiger partial charge in [-0.05, 0) is 34.8 Å². The van der Waals surface area contributed by atoms with Crippen LogP contribution in [0.15, 0.2) is 61.1 Å². The first-order valence-electron chi connectivity index (χ1n) is 6.58. The van der Waals surface area contributed by atoms with Gasteiger partial charge >= 0.3 is 6.33 Å². The predicted octanol–water partition coefficient (Wildman–Crippen LogP) is 2.94. The molecule has 0 fully saturated rings. The zero-order valence-electron chi connectivity index (χ0n) is 11.6. The van der Waals surface area contributed by atoms with Crippen LogP contribution in [-0.4, -0.2) is 10.2 Å². The normalized spacial score (nSPS) is 10.5. The largest absolute Gasteiger partial charge is 0.314 e. The second-order valence-corrected chi connectivity index (χ2v) is 4.87. The zero-order valence-corrected chi connectivity index (χ0v) is 11.6. The van der Waals surface area contributed by atoms with Crippen LogP contribution in [-0.2, 0) is 7.05 Å². The number of aryl methyl sites for hydroxylation is 2. The Bertz CT molecular complexity index is 736. The SMILES string of the molecule is Cc1ccc(-c2ccccc2)cc1-c1cnnc[n+]1C. The van der Waals surface area contributed by atoms with Gasteiger partial charge in [-0.1, -0.05) is 42.5 Å². The molecule has 20 heavy (non-hydrogen) atoms. The molecule has 1 heterocycles. The van der Waals surface area contributed by atoms with Crippen molar-refractivity contribution in [2.24, 2.45) is 7.05 Å². The van der Waals surface area contributed by atoms with Crippen molar-refractivity contribution in [1.29, 1.82) is 0 Å². The van der Waals surface area contributed by atoms with Gasteiger partial charge in [-0.15, -0.1) is 0 Å². The second kappa shape index (κ2) is 5.21. The third-order valence-corrected chi connectivity index (χ3v) is 3.47. The van der Waals surface area contributed by atoms with Gasteiger partial charge < -0.3 is 0 Å². The lowest BCUT2D eigenvalue weighted by molar-refractivity contribution is -0.664. The van der Waals surface area contributed by atoms with Gasteiger partial charge in [-0.2, -0.15) is 0 Å². The maximum atomic E-state index is 3.99. The van der Waals surface area contributed by atoms with Crippen molar-refractivity contribution >= 4 is 0 Å². The summed E-state index contributed by atoms with van der Waals surface area (Å²) in [5.41, 5.74) is 5.91. The van der Waals surface area contributed by atoms with E-state index in [-0.39, 0.29) is 0 Å². The Kier molecular flexibility index (Phi) is 3.25. The van der Waals surface area contributed by atoms with Gasteiger partial charge in [-0.25, -0.2) is 4.57 Å². The van der Waals surface area contributed by atoms with Crippen LogP contribution < -0.4 is 4.57 Å². The van der Waals surface area contributed by atoms with E-state index in [9.17, 15) is 0 Å². The number of benzene rings is 2. The molecule has 0 atom stereocenters. The molecule has 1 aromatic heterocycles. The van der Waals surface area contributed by atoms with Crippen molar-refractivity contribution in [3.8, 4) is 22.4 Å². The van der Waals surface area contributed by atoms with Gasteiger partial charge in [-0.3, -0.25) is 0 Å². The van der Waals surface area contributed by atoms with E-state index in [4.69, 9.17) is 0 Å². The summed E-state index contributed by atoms with van der Waals surface area (Å²) in [6.07, 6.45) is 3.53. The molecular weight excluding hydrogens is 246 g/mol. The molecule has 0 aliphatic rings. The number of nitrogens with zero attached hydrogens (tertiary/aromatic N) is 3. The van der Waals surface area contributed by atoms with E-state index in [1.807, 2.05) is 17.7 Å². The van der Waals surface area contributed by atoms with E-state index in [1.54, 1.807) is 12.5 Å². The summed E-state index contributed by atoms with van der Waals surface area (Å²) in [5, 5.41) is 7.89. The number of hydrogen-bond donors (Lipinski definition) is 0. The van der Waals surface area contributed by atoms with Crippen LogP contribution in [0.2, 0.25) is 0 Å². The summed E-state index contributed by atoms with van der Waals surface area (Å²) in [5.74, 6) is 0. The minimum absolute atomic E-state index is 1.07. The second-order valence-electron chi connectivity index (χ2n) is 4.87. The first-order chi connectivity index (χ1) is 9.75. The van der Waals surface area contributed by atoms with E-state index in [0.29, 0.717) is 0 Å². The molecule has 0 unspecified atom stereocenters. The van der Waals surface area contributed by atoms with Crippen molar-refractivity contribution in [3.05, 3.63) is 66.6 Å². The molecule has 2 aromatic carbocycles. The molecule has 0 spiro atoms. The van der Waals surface area contributed by atoms with Crippen LogP contribution in [0.25, 0.3) is 22.4 Å². The molecule has 98 valence electrons. The maximum absolute atomic E-state index is 3.99. The quantitative estimate of drug-likeness (QED) is 0.665. The fourth-order valence-corrected chi connectivity index (χ4v) is 2.32. The summed E-state index contributed by atoms with van der Waals surface area (Å²) >= 11 is 0. The van der Waals surface area contributed by atoms with Gasteiger partial charge in [0.1, 0.15) is 6.20 Å². The molecule has 3 rings (SSSR count). The Labute approximate surface area is 118 Å². The summed E-state index contributed by atoms with van der Waals surface area (Å²) in [4.78, 5) is 0. The molecule has 0 aliphatic heterocycles. The average Bonchev–Trinajstić information content (AvgIpc) is 2.49. The standard InChI is InChI=1S/C17H16N3/c1-13-8-9-15(14-6-4-3-5-7-14)10-16(13)17-11-18-19-12-20(17)2/h3-12H,1-2H3/q+1. The summed E-state index contributed by atoms with van der Waals surface area (Å²) in [6, 6.07) is 16.9. The molecule has 0 bridgehead atoms. The lowest BCUT2D eigenvalue weighted by Gasteiger charge is -2.08. The molecule has 0 saturated carbocycles. The Morgan fingerprint density at radius 1 is 0.900 bits per heavy atom. The fraction of sp³-hybridized carbons (Fsp3) is 0.118. The monoisotopic (exact) mass is 262 g/mol. The smallest absolute Gasteiger partial charge is 0.229 e. The number of hydrogen-bond acceptors (Lipinski definition) is 2. The number of rotatable bonds is 2. The van der Waals surface area contributed by atoms with E-state index in [2.05, 4.69) is 59.6 Å². The van der Waals surface area contributed by atoms with Crippen LogP contribution in [0, 0.1) is 6.92 Å². The molecule has 3 nitrogen and oxygen atoms in total. The predicted molar refractivity (Wildman–Crippen MR) is 78.8 cm³/mol. The van der Waals surface area contributed by atoms with Crippen LogP contribution in [0.1, 0.15) is 5.56 Å². The minimum Gasteiger partial charge on any atom is -0.229 e. The molecular formula is C17H16N3+.